The van der Waals surface area contributed by atoms with Crippen molar-refractivity contribution < 1.29 is 9.47 Å². The number of guanidine groups is 1. The van der Waals surface area contributed by atoms with Crippen LogP contribution >= 0.6 is 39.9 Å². The Morgan fingerprint density at radius 2 is 1.93 bits per heavy atom. The van der Waals surface area contributed by atoms with Gasteiger partial charge in [0.1, 0.15) is 0 Å². The first-order valence-electron chi connectivity index (χ1n) is 10.0. The van der Waals surface area contributed by atoms with Crippen molar-refractivity contribution in [3.8, 4) is 0 Å². The SMILES string of the molecule is CCNC(=NCC1(c2ccc(Br)cc2)CCOCC1)N(C)CC1CCOC1.I. The smallest absolute Gasteiger partial charge is 0.193 e. The third kappa shape index (κ3) is 6.31. The Balaban J connectivity index is 0.00000280. The van der Waals surface area contributed by atoms with Crippen LogP contribution in [0, 0.1) is 5.92 Å². The van der Waals surface area contributed by atoms with Gasteiger partial charge in [0, 0.05) is 55.8 Å². The molecule has 28 heavy (non-hydrogen) atoms. The zero-order valence-corrected chi connectivity index (χ0v) is 20.9. The van der Waals surface area contributed by atoms with Gasteiger partial charge in [-0.2, -0.15) is 0 Å². The molecule has 0 saturated carbocycles. The number of halogens is 2. The van der Waals surface area contributed by atoms with Crippen LogP contribution in [0.1, 0.15) is 31.7 Å². The van der Waals surface area contributed by atoms with Gasteiger partial charge in [0.15, 0.2) is 5.96 Å². The van der Waals surface area contributed by atoms with Gasteiger partial charge in [-0.25, -0.2) is 0 Å². The number of benzene rings is 1. The molecule has 1 atom stereocenters. The molecule has 2 fully saturated rings. The Kier molecular flexibility index (Phi) is 10.00. The second-order valence-electron chi connectivity index (χ2n) is 7.68. The van der Waals surface area contributed by atoms with Crippen LogP contribution < -0.4 is 5.32 Å². The number of hydrogen-bond donors (Lipinski definition) is 1. The van der Waals surface area contributed by atoms with Crippen LogP contribution in [0.3, 0.4) is 0 Å². The normalized spacial score (nSPS) is 21.8. The summed E-state index contributed by atoms with van der Waals surface area (Å²) >= 11 is 3.55. The predicted molar refractivity (Wildman–Crippen MR) is 129 cm³/mol. The van der Waals surface area contributed by atoms with E-state index in [1.807, 2.05) is 0 Å². The van der Waals surface area contributed by atoms with Crippen LogP contribution in [0.15, 0.2) is 33.7 Å². The Bertz CT molecular complexity index is 615. The first-order valence-corrected chi connectivity index (χ1v) is 10.8. The molecular formula is C21H33BrIN3O2. The van der Waals surface area contributed by atoms with Gasteiger partial charge in [-0.3, -0.25) is 4.99 Å². The van der Waals surface area contributed by atoms with Crippen molar-refractivity contribution >= 4 is 45.9 Å². The highest BCUT2D eigenvalue weighted by molar-refractivity contribution is 14.0. The molecule has 3 rings (SSSR count). The van der Waals surface area contributed by atoms with Gasteiger partial charge < -0.3 is 19.7 Å². The second kappa shape index (κ2) is 11.7. The third-order valence-corrected chi connectivity index (χ3v) is 6.22. The molecule has 0 bridgehead atoms. The number of nitrogens with zero attached hydrogens (tertiary/aromatic N) is 2. The van der Waals surface area contributed by atoms with Crippen LogP contribution in [0.25, 0.3) is 0 Å². The Hall–Kier alpha value is -0.380. The van der Waals surface area contributed by atoms with Crippen molar-refractivity contribution in [2.45, 2.75) is 31.6 Å². The first kappa shape index (κ1) is 23.9. The van der Waals surface area contributed by atoms with Crippen LogP contribution in [-0.4, -0.2) is 64.0 Å². The van der Waals surface area contributed by atoms with Crippen LogP contribution in [0.4, 0.5) is 0 Å². The quantitative estimate of drug-likeness (QED) is 0.321. The Labute approximate surface area is 194 Å². The molecule has 2 aliphatic rings. The lowest BCUT2D eigenvalue weighted by molar-refractivity contribution is 0.0530. The molecule has 158 valence electrons. The van der Waals surface area contributed by atoms with Crippen molar-refractivity contribution in [1.82, 2.24) is 10.2 Å². The van der Waals surface area contributed by atoms with Gasteiger partial charge in [0.2, 0.25) is 0 Å². The van der Waals surface area contributed by atoms with E-state index in [2.05, 4.69) is 64.4 Å². The van der Waals surface area contributed by atoms with Crippen molar-refractivity contribution in [3.63, 3.8) is 0 Å². The van der Waals surface area contributed by atoms with E-state index in [0.29, 0.717) is 5.92 Å². The molecule has 0 aromatic heterocycles. The van der Waals surface area contributed by atoms with Gasteiger partial charge in [0.25, 0.3) is 0 Å². The maximum Gasteiger partial charge on any atom is 0.193 e. The molecule has 1 N–H and O–H groups in total. The molecule has 2 heterocycles. The number of rotatable bonds is 6. The van der Waals surface area contributed by atoms with Crippen molar-refractivity contribution in [1.29, 1.82) is 0 Å². The van der Waals surface area contributed by atoms with Gasteiger partial charge >= 0.3 is 0 Å². The van der Waals surface area contributed by atoms with Crippen LogP contribution in [-0.2, 0) is 14.9 Å². The minimum Gasteiger partial charge on any atom is -0.381 e. The van der Waals surface area contributed by atoms with Gasteiger partial charge in [-0.1, -0.05) is 28.1 Å². The molecule has 0 spiro atoms. The minimum atomic E-state index is 0. The largest absolute Gasteiger partial charge is 0.381 e. The summed E-state index contributed by atoms with van der Waals surface area (Å²) in [4.78, 5) is 7.33. The van der Waals surface area contributed by atoms with E-state index in [9.17, 15) is 0 Å². The van der Waals surface area contributed by atoms with E-state index in [4.69, 9.17) is 14.5 Å². The molecule has 1 aromatic rings. The van der Waals surface area contributed by atoms with E-state index in [1.165, 1.54) is 5.56 Å². The molecular weight excluding hydrogens is 533 g/mol. The average Bonchev–Trinajstić information content (AvgIpc) is 3.19. The summed E-state index contributed by atoms with van der Waals surface area (Å²) < 4.78 is 12.3. The Morgan fingerprint density at radius 3 is 2.54 bits per heavy atom. The molecule has 5 nitrogen and oxygen atoms in total. The molecule has 2 saturated heterocycles. The number of nitrogens with one attached hydrogen (secondary N) is 1. The van der Waals surface area contributed by atoms with E-state index in [-0.39, 0.29) is 29.4 Å². The minimum absolute atomic E-state index is 0. The monoisotopic (exact) mass is 565 g/mol. The summed E-state index contributed by atoms with van der Waals surface area (Å²) in [5.74, 6) is 1.59. The highest BCUT2D eigenvalue weighted by Gasteiger charge is 2.34. The zero-order chi connectivity index (χ0) is 19.1. The fourth-order valence-electron chi connectivity index (χ4n) is 4.00. The average molecular weight is 566 g/mol. The van der Waals surface area contributed by atoms with Crippen molar-refractivity contribution in [2.24, 2.45) is 10.9 Å². The summed E-state index contributed by atoms with van der Waals surface area (Å²) in [6, 6.07) is 8.73. The van der Waals surface area contributed by atoms with Crippen LogP contribution in [0.5, 0.6) is 0 Å². The highest BCUT2D eigenvalue weighted by Crippen LogP contribution is 2.36. The molecule has 0 aliphatic carbocycles. The number of hydrogen-bond acceptors (Lipinski definition) is 3. The van der Waals surface area contributed by atoms with E-state index >= 15 is 0 Å². The summed E-state index contributed by atoms with van der Waals surface area (Å²) in [6.07, 6.45) is 3.17. The van der Waals surface area contributed by atoms with E-state index in [0.717, 1.165) is 75.8 Å². The fourth-order valence-corrected chi connectivity index (χ4v) is 4.26. The molecule has 2 aliphatic heterocycles. The zero-order valence-electron chi connectivity index (χ0n) is 17.0. The molecule has 1 aromatic carbocycles. The summed E-state index contributed by atoms with van der Waals surface area (Å²) in [6.45, 7) is 8.13. The lowest BCUT2D eigenvalue weighted by Gasteiger charge is -2.37. The van der Waals surface area contributed by atoms with Crippen LogP contribution in [0.2, 0.25) is 0 Å². The standard InChI is InChI=1S/C21H32BrN3O2.HI/c1-3-23-20(25(2)14-17-8-11-27-15-17)24-16-21(9-12-26-13-10-21)18-4-6-19(22)7-5-18;/h4-7,17H,3,8-16H2,1-2H3,(H,23,24);1H. The molecule has 7 heteroatoms. The second-order valence-corrected chi connectivity index (χ2v) is 8.60. The van der Waals surface area contributed by atoms with Gasteiger partial charge in [0.05, 0.1) is 13.2 Å². The molecule has 1 unspecified atom stereocenters. The lowest BCUT2D eigenvalue weighted by Crippen LogP contribution is -2.43. The maximum absolute atomic E-state index is 5.66. The van der Waals surface area contributed by atoms with E-state index < -0.39 is 0 Å². The van der Waals surface area contributed by atoms with Crippen molar-refractivity contribution in [2.75, 3.05) is 53.1 Å². The van der Waals surface area contributed by atoms with Crippen molar-refractivity contribution in [3.05, 3.63) is 34.3 Å². The predicted octanol–water partition coefficient (Wildman–Crippen LogP) is 4.05. The third-order valence-electron chi connectivity index (χ3n) is 5.69. The lowest BCUT2D eigenvalue weighted by atomic mass is 9.74. The highest BCUT2D eigenvalue weighted by atomic mass is 127. The molecule has 0 radical (unpaired) electrons. The van der Waals surface area contributed by atoms with Gasteiger partial charge in [-0.05, 0) is 43.9 Å². The number of ether oxygens (including phenoxy) is 2. The summed E-state index contributed by atoms with van der Waals surface area (Å²) in [7, 11) is 2.14. The summed E-state index contributed by atoms with van der Waals surface area (Å²) in [5, 5.41) is 3.47. The molecule has 0 amide bonds. The fraction of sp³-hybridized carbons (Fsp3) is 0.667. The Morgan fingerprint density at radius 1 is 1.21 bits per heavy atom. The number of aliphatic imine (C=N–C) groups is 1. The van der Waals surface area contributed by atoms with E-state index in [1.54, 1.807) is 0 Å². The first-order chi connectivity index (χ1) is 13.1. The maximum atomic E-state index is 5.66. The topological polar surface area (TPSA) is 46.1 Å². The van der Waals surface area contributed by atoms with Gasteiger partial charge in [-0.15, -0.1) is 24.0 Å². The summed E-state index contributed by atoms with van der Waals surface area (Å²) in [5.41, 5.74) is 1.41.